The van der Waals surface area contributed by atoms with Crippen LogP contribution in [0.15, 0.2) is 0 Å². The molecule has 0 aromatic carbocycles. The second-order valence-electron chi connectivity index (χ2n) is 7.05. The Balaban J connectivity index is 1.82. The molecule has 124 valence electrons. The summed E-state index contributed by atoms with van der Waals surface area (Å²) >= 11 is 0. The van der Waals surface area contributed by atoms with Gasteiger partial charge in [0.25, 0.3) is 0 Å². The van der Waals surface area contributed by atoms with Crippen molar-refractivity contribution >= 4 is 5.78 Å². The van der Waals surface area contributed by atoms with E-state index in [4.69, 9.17) is 0 Å². The quantitative estimate of drug-likeness (QED) is 0.586. The first kappa shape index (κ1) is 17.5. The minimum absolute atomic E-state index is 0.0189. The zero-order valence-electron chi connectivity index (χ0n) is 13.9. The molecule has 0 saturated heterocycles. The van der Waals surface area contributed by atoms with E-state index in [-0.39, 0.29) is 23.7 Å². The Morgan fingerprint density at radius 2 is 1.95 bits per heavy atom. The molecule has 0 aliphatic heterocycles. The van der Waals surface area contributed by atoms with Crippen molar-refractivity contribution in [1.29, 1.82) is 0 Å². The van der Waals surface area contributed by atoms with Gasteiger partial charge in [0.15, 0.2) is 0 Å². The summed E-state index contributed by atoms with van der Waals surface area (Å²) in [5, 5.41) is 20.2. The normalized spacial score (nSPS) is 35.1. The van der Waals surface area contributed by atoms with Crippen molar-refractivity contribution in [2.24, 2.45) is 23.7 Å². The SMILES string of the molecule is CCCCCCC[C@H](O)C#C[C@@H]1[C@H]2C(C)C(=O)[C@H]2CC[C@H]1O. The molecule has 2 saturated carbocycles. The number of rotatable bonds is 6. The lowest BCUT2D eigenvalue weighted by Crippen LogP contribution is -2.55. The van der Waals surface area contributed by atoms with Crippen molar-refractivity contribution in [1.82, 2.24) is 0 Å². The largest absolute Gasteiger partial charge is 0.392 e. The zero-order valence-corrected chi connectivity index (χ0v) is 13.9. The highest BCUT2D eigenvalue weighted by Crippen LogP contribution is 2.49. The Labute approximate surface area is 134 Å². The summed E-state index contributed by atoms with van der Waals surface area (Å²) in [5.74, 6) is 6.54. The molecule has 0 bridgehead atoms. The van der Waals surface area contributed by atoms with Crippen LogP contribution in [0, 0.1) is 35.5 Å². The van der Waals surface area contributed by atoms with Gasteiger partial charge in [-0.1, -0.05) is 51.4 Å². The van der Waals surface area contributed by atoms with E-state index >= 15 is 0 Å². The van der Waals surface area contributed by atoms with Crippen LogP contribution >= 0.6 is 0 Å². The third-order valence-corrected chi connectivity index (χ3v) is 5.46. The predicted octanol–water partition coefficient (Wildman–Crippen LogP) is 2.93. The molecule has 3 heteroatoms. The summed E-state index contributed by atoms with van der Waals surface area (Å²) in [6.45, 7) is 4.13. The summed E-state index contributed by atoms with van der Waals surface area (Å²) in [6, 6.07) is 0. The third-order valence-electron chi connectivity index (χ3n) is 5.46. The molecule has 22 heavy (non-hydrogen) atoms. The standard InChI is InChI=1S/C19H30O3/c1-3-4-5-6-7-8-14(20)9-10-15-17(21)12-11-16-18(15)13(2)19(16)22/h13-18,20-21H,3-8,11-12H2,1-2H3/t13?,14-,15-,16-,17+,18+/m0/s1. The molecule has 6 atom stereocenters. The molecule has 0 spiro atoms. The van der Waals surface area contributed by atoms with Gasteiger partial charge in [-0.25, -0.2) is 0 Å². The van der Waals surface area contributed by atoms with Gasteiger partial charge < -0.3 is 10.2 Å². The van der Waals surface area contributed by atoms with Crippen molar-refractivity contribution in [3.8, 4) is 11.8 Å². The highest BCUT2D eigenvalue weighted by molar-refractivity contribution is 5.90. The van der Waals surface area contributed by atoms with E-state index in [2.05, 4.69) is 18.8 Å². The van der Waals surface area contributed by atoms with Gasteiger partial charge in [-0.05, 0) is 31.6 Å². The van der Waals surface area contributed by atoms with E-state index in [1.807, 2.05) is 6.92 Å². The first-order valence-electron chi connectivity index (χ1n) is 8.97. The molecule has 2 aliphatic carbocycles. The van der Waals surface area contributed by atoms with Crippen molar-refractivity contribution in [3.05, 3.63) is 0 Å². The maximum atomic E-state index is 11.8. The second-order valence-corrected chi connectivity index (χ2v) is 7.05. The van der Waals surface area contributed by atoms with E-state index < -0.39 is 12.2 Å². The van der Waals surface area contributed by atoms with Gasteiger partial charge in [0.05, 0.1) is 12.0 Å². The van der Waals surface area contributed by atoms with Gasteiger partial charge in [0, 0.05) is 11.8 Å². The average Bonchev–Trinajstić information content (AvgIpc) is 2.52. The van der Waals surface area contributed by atoms with E-state index in [9.17, 15) is 15.0 Å². The average molecular weight is 306 g/mol. The van der Waals surface area contributed by atoms with Crippen LogP contribution in [0.5, 0.6) is 0 Å². The number of aliphatic hydroxyl groups is 2. The van der Waals surface area contributed by atoms with Gasteiger partial charge in [0.1, 0.15) is 11.9 Å². The Bertz CT molecular complexity index is 434. The van der Waals surface area contributed by atoms with Crippen LogP contribution < -0.4 is 0 Å². The number of hydrogen-bond donors (Lipinski definition) is 2. The molecule has 2 aliphatic rings. The van der Waals surface area contributed by atoms with Crippen LogP contribution in [0.1, 0.15) is 65.2 Å². The summed E-state index contributed by atoms with van der Waals surface area (Å²) in [7, 11) is 0. The Morgan fingerprint density at radius 1 is 1.23 bits per heavy atom. The maximum absolute atomic E-state index is 11.8. The van der Waals surface area contributed by atoms with Crippen molar-refractivity contribution in [2.45, 2.75) is 77.4 Å². The molecule has 3 nitrogen and oxygen atoms in total. The first-order chi connectivity index (χ1) is 10.6. The van der Waals surface area contributed by atoms with Crippen LogP contribution in [-0.4, -0.2) is 28.2 Å². The lowest BCUT2D eigenvalue weighted by Gasteiger charge is -2.49. The molecule has 0 aromatic rings. The summed E-state index contributed by atoms with van der Waals surface area (Å²) < 4.78 is 0. The Hall–Kier alpha value is -0.850. The Morgan fingerprint density at radius 3 is 2.68 bits per heavy atom. The third kappa shape index (κ3) is 3.91. The molecule has 2 fully saturated rings. The number of aliphatic hydroxyl groups excluding tert-OH is 2. The summed E-state index contributed by atoms with van der Waals surface area (Å²) in [6.07, 6.45) is 6.98. The lowest BCUT2D eigenvalue weighted by atomic mass is 9.53. The second kappa shape index (κ2) is 8.13. The van der Waals surface area contributed by atoms with Gasteiger partial charge in [0.2, 0.25) is 0 Å². The molecule has 2 rings (SSSR count). The molecule has 0 radical (unpaired) electrons. The minimum Gasteiger partial charge on any atom is -0.392 e. The molecule has 0 amide bonds. The number of hydrogen-bond acceptors (Lipinski definition) is 3. The van der Waals surface area contributed by atoms with Crippen LogP contribution in [0.25, 0.3) is 0 Å². The predicted molar refractivity (Wildman–Crippen MR) is 87.0 cm³/mol. The fourth-order valence-corrected chi connectivity index (χ4v) is 4.03. The fraction of sp³-hybridized carbons (Fsp3) is 0.842. The smallest absolute Gasteiger partial charge is 0.139 e. The number of carbonyl (C=O) groups excluding carboxylic acids is 1. The molecule has 0 aromatic heterocycles. The molecular formula is C19H30O3. The van der Waals surface area contributed by atoms with Gasteiger partial charge in [-0.2, -0.15) is 0 Å². The highest BCUT2D eigenvalue weighted by Gasteiger charge is 2.54. The van der Waals surface area contributed by atoms with Crippen LogP contribution in [0.4, 0.5) is 0 Å². The van der Waals surface area contributed by atoms with Crippen molar-refractivity contribution in [2.75, 3.05) is 0 Å². The maximum Gasteiger partial charge on any atom is 0.139 e. The Kier molecular flexibility index (Phi) is 6.47. The number of carbonyl (C=O) groups is 1. The zero-order chi connectivity index (χ0) is 16.1. The topological polar surface area (TPSA) is 57.5 Å². The number of Topliss-reactive ketones (excluding diaryl/α,β-unsaturated/α-hetero) is 1. The van der Waals surface area contributed by atoms with Gasteiger partial charge in [-0.3, -0.25) is 4.79 Å². The molecule has 1 unspecified atom stereocenters. The summed E-state index contributed by atoms with van der Waals surface area (Å²) in [5.41, 5.74) is 0. The van der Waals surface area contributed by atoms with E-state index in [1.165, 1.54) is 19.3 Å². The van der Waals surface area contributed by atoms with Gasteiger partial charge >= 0.3 is 0 Å². The minimum atomic E-state index is -0.597. The summed E-state index contributed by atoms with van der Waals surface area (Å²) in [4.78, 5) is 11.8. The first-order valence-corrected chi connectivity index (χ1v) is 8.97. The van der Waals surface area contributed by atoms with Crippen LogP contribution in [0.2, 0.25) is 0 Å². The van der Waals surface area contributed by atoms with Crippen LogP contribution in [-0.2, 0) is 4.79 Å². The van der Waals surface area contributed by atoms with E-state index in [0.29, 0.717) is 18.6 Å². The van der Waals surface area contributed by atoms with Gasteiger partial charge in [-0.15, -0.1) is 0 Å². The lowest BCUT2D eigenvalue weighted by molar-refractivity contribution is -0.151. The molecular weight excluding hydrogens is 276 g/mol. The molecule has 2 N–H and O–H groups in total. The number of fused-ring (bicyclic) bond motifs is 1. The van der Waals surface area contributed by atoms with Crippen molar-refractivity contribution in [3.63, 3.8) is 0 Å². The van der Waals surface area contributed by atoms with Crippen molar-refractivity contribution < 1.29 is 15.0 Å². The van der Waals surface area contributed by atoms with E-state index in [0.717, 1.165) is 19.3 Å². The van der Waals surface area contributed by atoms with E-state index in [1.54, 1.807) is 0 Å². The fourth-order valence-electron chi connectivity index (χ4n) is 4.03. The number of ketones is 1. The highest BCUT2D eigenvalue weighted by atomic mass is 16.3. The number of unbranched alkanes of at least 4 members (excludes halogenated alkanes) is 4. The monoisotopic (exact) mass is 306 g/mol. The van der Waals surface area contributed by atoms with Crippen LogP contribution in [0.3, 0.4) is 0 Å². The molecule has 0 heterocycles.